The molecular formula is C20H28N2O8. The van der Waals surface area contributed by atoms with Gasteiger partial charge in [0, 0.05) is 17.1 Å². The average molecular weight is 424 g/mol. The number of isocyanates is 2. The summed E-state index contributed by atoms with van der Waals surface area (Å²) in [4.78, 5) is 37.0. The van der Waals surface area contributed by atoms with Crippen molar-refractivity contribution in [2.24, 2.45) is 15.4 Å². The molecule has 0 saturated heterocycles. The van der Waals surface area contributed by atoms with Crippen molar-refractivity contribution in [1.82, 2.24) is 0 Å². The fourth-order valence-corrected chi connectivity index (χ4v) is 1.64. The Morgan fingerprint density at radius 1 is 1.10 bits per heavy atom. The molecule has 0 radical (unpaired) electrons. The number of aliphatic imine (C=N–C) groups is 2. The monoisotopic (exact) mass is 424 g/mol. The SMILES string of the molecule is C=CC(=O)OCCO.CCC(CO)(CO)CO.Cc1c(N=C=O)cccc1N=C=O. The average Bonchev–Trinajstić information content (AvgIpc) is 2.78. The van der Waals surface area contributed by atoms with Crippen molar-refractivity contribution in [1.29, 1.82) is 0 Å². The van der Waals surface area contributed by atoms with Gasteiger partial charge < -0.3 is 25.2 Å². The highest BCUT2D eigenvalue weighted by Gasteiger charge is 2.24. The van der Waals surface area contributed by atoms with Gasteiger partial charge in [0.1, 0.15) is 6.61 Å². The van der Waals surface area contributed by atoms with Crippen LogP contribution in [0.5, 0.6) is 0 Å². The summed E-state index contributed by atoms with van der Waals surface area (Å²) in [5, 5.41) is 34.1. The second-order valence-corrected chi connectivity index (χ2v) is 5.75. The Bertz CT molecular complexity index is 681. The van der Waals surface area contributed by atoms with E-state index in [9.17, 15) is 14.4 Å². The lowest BCUT2D eigenvalue weighted by molar-refractivity contribution is -0.138. The van der Waals surface area contributed by atoms with Crippen molar-refractivity contribution in [3.8, 4) is 0 Å². The molecule has 0 atom stereocenters. The van der Waals surface area contributed by atoms with E-state index in [1.165, 1.54) is 12.2 Å². The standard InChI is InChI=1S/C9H6N2O2.C6H14O3.C5H8O3/c1-7-8(10-5-12)3-2-4-9(7)11-6-13;1-2-6(3-7,4-8)5-9;1-2-5(7)8-4-3-6/h2-4H,1H3;7-9H,2-5H2,1H3;2,6H,1,3-4H2. The van der Waals surface area contributed by atoms with Gasteiger partial charge in [0.2, 0.25) is 12.2 Å². The van der Waals surface area contributed by atoms with E-state index in [1.807, 2.05) is 6.92 Å². The maximum absolute atomic E-state index is 10.1. The van der Waals surface area contributed by atoms with Gasteiger partial charge in [-0.3, -0.25) is 0 Å². The molecule has 4 N–H and O–H groups in total. The molecule has 0 aromatic heterocycles. The number of rotatable bonds is 9. The van der Waals surface area contributed by atoms with Crippen molar-refractivity contribution in [3.63, 3.8) is 0 Å². The number of ether oxygens (including phenoxy) is 1. The van der Waals surface area contributed by atoms with E-state index in [2.05, 4.69) is 21.3 Å². The number of hydrogen-bond acceptors (Lipinski definition) is 10. The van der Waals surface area contributed by atoms with E-state index < -0.39 is 11.4 Å². The maximum atomic E-state index is 10.1. The van der Waals surface area contributed by atoms with E-state index in [0.29, 0.717) is 23.4 Å². The van der Waals surface area contributed by atoms with Crippen LogP contribution in [0.1, 0.15) is 18.9 Å². The van der Waals surface area contributed by atoms with Crippen molar-refractivity contribution < 1.29 is 39.5 Å². The molecule has 0 amide bonds. The second kappa shape index (κ2) is 18.1. The van der Waals surface area contributed by atoms with E-state index in [-0.39, 0.29) is 33.0 Å². The highest BCUT2D eigenvalue weighted by Crippen LogP contribution is 2.26. The van der Waals surface area contributed by atoms with Gasteiger partial charge in [-0.2, -0.15) is 9.98 Å². The molecule has 10 heteroatoms. The first-order valence-corrected chi connectivity index (χ1v) is 8.83. The predicted molar refractivity (Wildman–Crippen MR) is 109 cm³/mol. The van der Waals surface area contributed by atoms with Crippen LogP contribution in [0.15, 0.2) is 40.8 Å². The zero-order valence-electron chi connectivity index (χ0n) is 17.1. The lowest BCUT2D eigenvalue weighted by atomic mass is 9.88. The van der Waals surface area contributed by atoms with Gasteiger partial charge in [0.05, 0.1) is 37.8 Å². The summed E-state index contributed by atoms with van der Waals surface area (Å²) in [6, 6.07) is 4.94. The van der Waals surface area contributed by atoms with Crippen LogP contribution in [0.3, 0.4) is 0 Å². The summed E-state index contributed by atoms with van der Waals surface area (Å²) in [6.45, 7) is 6.13. The fourth-order valence-electron chi connectivity index (χ4n) is 1.64. The number of carbonyl (C=O) groups excluding carboxylic acids is 3. The number of aliphatic hydroxyl groups excluding tert-OH is 4. The fraction of sp³-hybridized carbons (Fsp3) is 0.450. The molecule has 1 aromatic carbocycles. The third-order valence-corrected chi connectivity index (χ3v) is 3.87. The van der Waals surface area contributed by atoms with Crippen LogP contribution in [-0.4, -0.2) is 71.6 Å². The smallest absolute Gasteiger partial charge is 0.330 e. The first-order chi connectivity index (χ1) is 14.3. The van der Waals surface area contributed by atoms with Gasteiger partial charge in [-0.25, -0.2) is 14.4 Å². The number of carbonyl (C=O) groups is 1. The number of nitrogens with zero attached hydrogens (tertiary/aromatic N) is 2. The number of aliphatic hydroxyl groups is 4. The third-order valence-electron chi connectivity index (χ3n) is 3.87. The lowest BCUT2D eigenvalue weighted by Crippen LogP contribution is -2.32. The molecule has 0 fully saturated rings. The molecule has 0 aliphatic rings. The minimum absolute atomic E-state index is 0.0465. The van der Waals surface area contributed by atoms with Crippen molar-refractivity contribution >= 4 is 29.5 Å². The summed E-state index contributed by atoms with van der Waals surface area (Å²) in [7, 11) is 0. The van der Waals surface area contributed by atoms with Gasteiger partial charge in [0.15, 0.2) is 0 Å². The Labute approximate surface area is 174 Å². The molecule has 0 spiro atoms. The van der Waals surface area contributed by atoms with Crippen LogP contribution in [0.25, 0.3) is 0 Å². The minimum Gasteiger partial charge on any atom is -0.460 e. The van der Waals surface area contributed by atoms with Crippen molar-refractivity contribution in [3.05, 3.63) is 36.4 Å². The molecule has 1 aromatic rings. The van der Waals surface area contributed by atoms with E-state index in [4.69, 9.17) is 20.4 Å². The zero-order valence-corrected chi connectivity index (χ0v) is 17.1. The van der Waals surface area contributed by atoms with Gasteiger partial charge >= 0.3 is 5.97 Å². The van der Waals surface area contributed by atoms with Crippen LogP contribution < -0.4 is 0 Å². The lowest BCUT2D eigenvalue weighted by Gasteiger charge is -2.24. The van der Waals surface area contributed by atoms with E-state index in [0.717, 1.165) is 6.08 Å². The third kappa shape index (κ3) is 11.8. The predicted octanol–water partition coefficient (Wildman–Crippen LogP) is 0.997. The molecule has 10 nitrogen and oxygen atoms in total. The quantitative estimate of drug-likeness (QED) is 0.197. The Kier molecular flexibility index (Phi) is 17.6. The second-order valence-electron chi connectivity index (χ2n) is 5.75. The number of esters is 1. The van der Waals surface area contributed by atoms with Crippen LogP contribution in [0.4, 0.5) is 11.4 Å². The highest BCUT2D eigenvalue weighted by atomic mass is 16.5. The van der Waals surface area contributed by atoms with E-state index in [1.54, 1.807) is 25.1 Å². The molecule has 0 bridgehead atoms. The topological polar surface area (TPSA) is 166 Å². The normalized spacial score (nSPS) is 9.40. The Balaban J connectivity index is 0. The Morgan fingerprint density at radius 2 is 1.57 bits per heavy atom. The largest absolute Gasteiger partial charge is 0.460 e. The summed E-state index contributed by atoms with van der Waals surface area (Å²) >= 11 is 0. The molecule has 0 unspecified atom stereocenters. The Morgan fingerprint density at radius 3 is 1.83 bits per heavy atom. The zero-order chi connectivity index (χ0) is 23.4. The summed E-state index contributed by atoms with van der Waals surface area (Å²) in [5.74, 6) is -0.501. The van der Waals surface area contributed by atoms with Gasteiger partial charge in [-0.05, 0) is 25.5 Å². The maximum Gasteiger partial charge on any atom is 0.330 e. The first kappa shape index (κ1) is 29.2. The molecular weight excluding hydrogens is 396 g/mol. The molecule has 1 rings (SSSR count). The van der Waals surface area contributed by atoms with Crippen molar-refractivity contribution in [2.75, 3.05) is 33.0 Å². The van der Waals surface area contributed by atoms with E-state index >= 15 is 0 Å². The highest BCUT2D eigenvalue weighted by molar-refractivity contribution is 5.81. The molecule has 30 heavy (non-hydrogen) atoms. The number of benzene rings is 1. The summed E-state index contributed by atoms with van der Waals surface area (Å²) < 4.78 is 4.33. The van der Waals surface area contributed by atoms with Gasteiger partial charge in [-0.15, -0.1) is 0 Å². The summed E-state index contributed by atoms with van der Waals surface area (Å²) in [6.07, 6.45) is 4.50. The van der Waals surface area contributed by atoms with Crippen LogP contribution in [-0.2, 0) is 19.1 Å². The first-order valence-electron chi connectivity index (χ1n) is 8.83. The van der Waals surface area contributed by atoms with Crippen LogP contribution in [0.2, 0.25) is 0 Å². The number of hydrogen-bond donors (Lipinski definition) is 4. The minimum atomic E-state index is -0.667. The summed E-state index contributed by atoms with van der Waals surface area (Å²) in [5.41, 5.74) is 0.923. The van der Waals surface area contributed by atoms with Crippen LogP contribution in [0, 0.1) is 12.3 Å². The molecule has 166 valence electrons. The Hall–Kier alpha value is -2.97. The van der Waals surface area contributed by atoms with Crippen LogP contribution >= 0.6 is 0 Å². The van der Waals surface area contributed by atoms with Gasteiger partial charge in [0.25, 0.3) is 0 Å². The molecule has 0 heterocycles. The van der Waals surface area contributed by atoms with Crippen molar-refractivity contribution in [2.45, 2.75) is 20.3 Å². The molecule has 0 saturated carbocycles. The van der Waals surface area contributed by atoms with Gasteiger partial charge in [-0.1, -0.05) is 19.6 Å². The molecule has 0 aliphatic carbocycles. The molecule has 0 aliphatic heterocycles.